The van der Waals surface area contributed by atoms with Crippen molar-refractivity contribution in [3.05, 3.63) is 0 Å². The number of aliphatic hydroxyl groups is 1. The monoisotopic (exact) mass is 386 g/mol. The van der Waals surface area contributed by atoms with Crippen molar-refractivity contribution in [3.8, 4) is 0 Å². The van der Waals surface area contributed by atoms with E-state index in [1.807, 2.05) is 0 Å². The minimum Gasteiger partial charge on any atom is -0.748 e. The zero-order valence-corrected chi connectivity index (χ0v) is 19.7. The molecule has 4 nitrogen and oxygen atoms in total. The Morgan fingerprint density at radius 3 is 1.68 bits per heavy atom. The molecule has 0 fully saturated rings. The number of aliphatic hydroxyl groups excluding tert-OH is 1. The van der Waals surface area contributed by atoms with E-state index in [2.05, 4.69) is 13.8 Å². The van der Waals surface area contributed by atoms with Crippen LogP contribution in [-0.2, 0) is 10.1 Å². The summed E-state index contributed by atoms with van der Waals surface area (Å²) in [6, 6.07) is 0. The normalized spacial score (nSPS) is 14.1. The van der Waals surface area contributed by atoms with Gasteiger partial charge in [0.2, 0.25) is 0 Å². The fraction of sp³-hybridized carbons (Fsp3) is 1.00. The molecule has 0 saturated carbocycles. The number of rotatable bonds is 17. The molecule has 25 heavy (non-hydrogen) atoms. The first kappa shape index (κ1) is 28.1. The van der Waals surface area contributed by atoms with E-state index in [9.17, 15) is 18.1 Å². The maximum atomic E-state index is 11.4. The third kappa shape index (κ3) is 18.0. The topological polar surface area (TPSA) is 77.4 Å². The van der Waals surface area contributed by atoms with Crippen LogP contribution in [0.3, 0.4) is 0 Å². The molecule has 0 rings (SSSR count). The molecule has 0 aromatic carbocycles. The molecule has 1 N–H and O–H groups in total. The molecular formula is C19H39NaO4S. The van der Waals surface area contributed by atoms with Crippen molar-refractivity contribution >= 4 is 10.1 Å². The molecule has 0 aliphatic heterocycles. The van der Waals surface area contributed by atoms with Crippen LogP contribution in [0.2, 0.25) is 0 Å². The van der Waals surface area contributed by atoms with Crippen molar-refractivity contribution in [1.29, 1.82) is 0 Å². The van der Waals surface area contributed by atoms with E-state index in [-0.39, 0.29) is 29.6 Å². The van der Waals surface area contributed by atoms with Crippen molar-refractivity contribution in [2.24, 2.45) is 0 Å². The average molecular weight is 387 g/mol. The summed E-state index contributed by atoms with van der Waals surface area (Å²) in [5.74, 6) is 0. The van der Waals surface area contributed by atoms with Gasteiger partial charge in [0.15, 0.2) is 0 Å². The standard InChI is InChI=1S/C19H40O4S.Na/c1-3-5-7-9-10-11-12-14-18(20)16-17-19(24(21,22)23)15-13-8-6-4-2;/h18-20H,3-17H2,1-2H3,(H,21,22,23);/q;+1/p-1. The SMILES string of the molecule is CCCCCCCCCC(O)CCC(CCCCCC)S(=O)(=O)[O-].[Na+]. The van der Waals surface area contributed by atoms with Gasteiger partial charge in [0.1, 0.15) is 0 Å². The van der Waals surface area contributed by atoms with E-state index in [1.165, 1.54) is 32.1 Å². The predicted molar refractivity (Wildman–Crippen MR) is 100 cm³/mol. The second-order valence-corrected chi connectivity index (χ2v) is 8.76. The van der Waals surface area contributed by atoms with Gasteiger partial charge in [-0.25, -0.2) is 8.42 Å². The fourth-order valence-corrected chi connectivity index (χ4v) is 3.97. The Bertz CT molecular complexity index is 374. The van der Waals surface area contributed by atoms with E-state index in [1.54, 1.807) is 0 Å². The van der Waals surface area contributed by atoms with Gasteiger partial charge in [0.05, 0.1) is 16.2 Å². The van der Waals surface area contributed by atoms with Crippen LogP contribution in [0.4, 0.5) is 0 Å². The Balaban J connectivity index is 0. The van der Waals surface area contributed by atoms with Crippen molar-refractivity contribution in [2.45, 2.75) is 122 Å². The average Bonchev–Trinajstić information content (AvgIpc) is 2.52. The van der Waals surface area contributed by atoms with Gasteiger partial charge in [-0.15, -0.1) is 0 Å². The largest absolute Gasteiger partial charge is 1.00 e. The minimum atomic E-state index is -4.25. The Morgan fingerprint density at radius 2 is 1.16 bits per heavy atom. The molecule has 0 bridgehead atoms. The van der Waals surface area contributed by atoms with Crippen LogP contribution in [0.1, 0.15) is 110 Å². The van der Waals surface area contributed by atoms with Crippen LogP contribution in [-0.4, -0.2) is 29.4 Å². The quantitative estimate of drug-likeness (QED) is 0.236. The molecule has 0 spiro atoms. The summed E-state index contributed by atoms with van der Waals surface area (Å²) in [6.45, 7) is 4.30. The van der Waals surface area contributed by atoms with Crippen LogP contribution < -0.4 is 29.6 Å². The second kappa shape index (κ2) is 18.2. The van der Waals surface area contributed by atoms with Crippen LogP contribution in [0.5, 0.6) is 0 Å². The number of hydrogen-bond donors (Lipinski definition) is 1. The Hall–Kier alpha value is 0.870. The van der Waals surface area contributed by atoms with Crippen LogP contribution in [0.15, 0.2) is 0 Å². The third-order valence-electron chi connectivity index (χ3n) is 4.75. The predicted octanol–water partition coefficient (Wildman–Crippen LogP) is 2.16. The summed E-state index contributed by atoms with van der Waals surface area (Å²) < 4.78 is 34.1. The van der Waals surface area contributed by atoms with Gasteiger partial charge in [-0.1, -0.05) is 84.5 Å². The van der Waals surface area contributed by atoms with Crippen LogP contribution in [0.25, 0.3) is 0 Å². The van der Waals surface area contributed by atoms with E-state index in [4.69, 9.17) is 0 Å². The smallest absolute Gasteiger partial charge is 0.748 e. The Kier molecular flexibility index (Phi) is 20.5. The maximum Gasteiger partial charge on any atom is 1.00 e. The molecule has 146 valence electrons. The summed E-state index contributed by atoms with van der Waals surface area (Å²) in [4.78, 5) is 0. The molecule has 0 radical (unpaired) electrons. The van der Waals surface area contributed by atoms with Gasteiger partial charge < -0.3 is 9.66 Å². The van der Waals surface area contributed by atoms with E-state index >= 15 is 0 Å². The van der Waals surface area contributed by atoms with E-state index in [0.29, 0.717) is 19.3 Å². The van der Waals surface area contributed by atoms with Crippen molar-refractivity contribution in [1.82, 2.24) is 0 Å². The molecule has 6 heteroatoms. The van der Waals surface area contributed by atoms with Gasteiger partial charge in [-0.05, 0) is 25.7 Å². The van der Waals surface area contributed by atoms with Gasteiger partial charge in [-0.3, -0.25) is 0 Å². The second-order valence-electron chi connectivity index (χ2n) is 7.11. The molecule has 0 aromatic heterocycles. The summed E-state index contributed by atoms with van der Waals surface area (Å²) in [5, 5.41) is 9.20. The number of hydrogen-bond acceptors (Lipinski definition) is 4. The summed E-state index contributed by atoms with van der Waals surface area (Å²) in [5.41, 5.74) is 0. The first-order valence-electron chi connectivity index (χ1n) is 10.0. The Labute approximate surface area is 178 Å². The summed E-state index contributed by atoms with van der Waals surface area (Å²) in [7, 11) is -4.25. The molecule has 0 aromatic rings. The van der Waals surface area contributed by atoms with Gasteiger partial charge >= 0.3 is 29.6 Å². The van der Waals surface area contributed by atoms with E-state index < -0.39 is 21.5 Å². The fourth-order valence-electron chi connectivity index (χ4n) is 3.09. The molecule has 2 atom stereocenters. The summed E-state index contributed by atoms with van der Waals surface area (Å²) >= 11 is 0. The van der Waals surface area contributed by atoms with Crippen molar-refractivity contribution in [3.63, 3.8) is 0 Å². The number of unbranched alkanes of at least 4 members (excludes halogenated alkanes) is 9. The molecule has 0 aliphatic rings. The molecular weight excluding hydrogens is 347 g/mol. The van der Waals surface area contributed by atoms with E-state index in [0.717, 1.165) is 44.9 Å². The first-order valence-corrected chi connectivity index (χ1v) is 11.5. The zero-order valence-electron chi connectivity index (χ0n) is 16.8. The van der Waals surface area contributed by atoms with Crippen LogP contribution in [0, 0.1) is 0 Å². The summed E-state index contributed by atoms with van der Waals surface area (Å²) in [6.07, 6.45) is 13.8. The molecule has 2 unspecified atom stereocenters. The zero-order chi connectivity index (χ0) is 18.3. The maximum absolute atomic E-state index is 11.4. The van der Waals surface area contributed by atoms with Crippen molar-refractivity contribution < 1.29 is 47.6 Å². The molecule has 0 aliphatic carbocycles. The van der Waals surface area contributed by atoms with Gasteiger partial charge in [0, 0.05) is 5.25 Å². The van der Waals surface area contributed by atoms with Gasteiger partial charge in [-0.2, -0.15) is 0 Å². The molecule has 0 amide bonds. The molecule has 0 heterocycles. The minimum absolute atomic E-state index is 0. The van der Waals surface area contributed by atoms with Gasteiger partial charge in [0.25, 0.3) is 0 Å². The van der Waals surface area contributed by atoms with Crippen LogP contribution >= 0.6 is 0 Å². The molecule has 0 saturated heterocycles. The Morgan fingerprint density at radius 1 is 0.720 bits per heavy atom. The third-order valence-corrected chi connectivity index (χ3v) is 6.04. The van der Waals surface area contributed by atoms with Crippen molar-refractivity contribution in [2.75, 3.05) is 0 Å². The first-order chi connectivity index (χ1) is 11.4.